The number of halogens is 2. The molecule has 1 aromatic rings. The molecule has 0 spiro atoms. The quantitative estimate of drug-likeness (QED) is 0.852. The third kappa shape index (κ3) is 2.57. The van der Waals surface area contributed by atoms with E-state index in [-0.39, 0.29) is 12.6 Å². The monoisotopic (exact) mass is 227 g/mol. The average Bonchev–Trinajstić information content (AvgIpc) is 2.63. The summed E-state index contributed by atoms with van der Waals surface area (Å²) in [5.41, 5.74) is 0.623. The zero-order valence-electron chi connectivity index (χ0n) is 9.00. The standard InChI is InChI=1S/C12H15F2NO/c13-10-4-9(5-11(14)6-10)7-15-3-1-2-12(15)8-16/h4-6,12,16H,1-3,7-8H2/t12-/m0/s1. The van der Waals surface area contributed by atoms with Crippen molar-refractivity contribution in [1.82, 2.24) is 4.90 Å². The van der Waals surface area contributed by atoms with Crippen molar-refractivity contribution in [1.29, 1.82) is 0 Å². The third-order valence-electron chi connectivity index (χ3n) is 3.02. The molecule has 0 radical (unpaired) electrons. The van der Waals surface area contributed by atoms with Crippen LogP contribution in [0.1, 0.15) is 18.4 Å². The van der Waals surface area contributed by atoms with E-state index in [0.717, 1.165) is 25.5 Å². The maximum atomic E-state index is 13.0. The largest absolute Gasteiger partial charge is 0.395 e. The fourth-order valence-electron chi connectivity index (χ4n) is 2.25. The van der Waals surface area contributed by atoms with Crippen LogP contribution in [0.2, 0.25) is 0 Å². The van der Waals surface area contributed by atoms with Gasteiger partial charge in [0.05, 0.1) is 6.61 Å². The van der Waals surface area contributed by atoms with Gasteiger partial charge in [0.25, 0.3) is 0 Å². The zero-order valence-corrected chi connectivity index (χ0v) is 9.00. The lowest BCUT2D eigenvalue weighted by atomic mass is 10.2. The Balaban J connectivity index is 2.08. The summed E-state index contributed by atoms with van der Waals surface area (Å²) < 4.78 is 25.9. The predicted octanol–water partition coefficient (Wildman–Crippen LogP) is 1.92. The maximum Gasteiger partial charge on any atom is 0.126 e. The minimum atomic E-state index is -0.547. The summed E-state index contributed by atoms with van der Waals surface area (Å²) in [4.78, 5) is 2.06. The Morgan fingerprint density at radius 3 is 2.56 bits per heavy atom. The van der Waals surface area contributed by atoms with E-state index in [1.54, 1.807) is 0 Å². The van der Waals surface area contributed by atoms with Crippen LogP contribution in [-0.4, -0.2) is 29.2 Å². The van der Waals surface area contributed by atoms with Crippen LogP contribution >= 0.6 is 0 Å². The number of benzene rings is 1. The Hall–Kier alpha value is -1.00. The van der Waals surface area contributed by atoms with Gasteiger partial charge in [-0.3, -0.25) is 4.90 Å². The van der Waals surface area contributed by atoms with Gasteiger partial charge in [0, 0.05) is 18.7 Å². The van der Waals surface area contributed by atoms with Gasteiger partial charge in [0.2, 0.25) is 0 Å². The minimum Gasteiger partial charge on any atom is -0.395 e. The van der Waals surface area contributed by atoms with Gasteiger partial charge in [0.15, 0.2) is 0 Å². The molecule has 0 saturated carbocycles. The lowest BCUT2D eigenvalue weighted by Gasteiger charge is -2.22. The smallest absolute Gasteiger partial charge is 0.126 e. The van der Waals surface area contributed by atoms with E-state index < -0.39 is 11.6 Å². The van der Waals surface area contributed by atoms with Gasteiger partial charge in [-0.1, -0.05) is 0 Å². The number of hydrogen-bond acceptors (Lipinski definition) is 2. The molecule has 1 N–H and O–H groups in total. The highest BCUT2D eigenvalue weighted by atomic mass is 19.1. The molecule has 0 aromatic heterocycles. The van der Waals surface area contributed by atoms with Crippen LogP contribution in [0.4, 0.5) is 8.78 Å². The van der Waals surface area contributed by atoms with E-state index in [2.05, 4.69) is 4.90 Å². The maximum absolute atomic E-state index is 13.0. The fourth-order valence-corrected chi connectivity index (χ4v) is 2.25. The summed E-state index contributed by atoms with van der Waals surface area (Å²) in [6.07, 6.45) is 1.98. The topological polar surface area (TPSA) is 23.5 Å². The molecular weight excluding hydrogens is 212 g/mol. The number of aliphatic hydroxyl groups excluding tert-OH is 1. The molecular formula is C12H15F2NO. The molecule has 4 heteroatoms. The molecule has 1 aliphatic rings. The lowest BCUT2D eigenvalue weighted by molar-refractivity contribution is 0.153. The van der Waals surface area contributed by atoms with Gasteiger partial charge in [-0.15, -0.1) is 0 Å². The summed E-state index contributed by atoms with van der Waals surface area (Å²) in [7, 11) is 0. The molecule has 2 nitrogen and oxygen atoms in total. The van der Waals surface area contributed by atoms with Crippen molar-refractivity contribution >= 4 is 0 Å². The molecule has 1 saturated heterocycles. The Morgan fingerprint density at radius 1 is 1.25 bits per heavy atom. The van der Waals surface area contributed by atoms with Crippen LogP contribution in [0.3, 0.4) is 0 Å². The molecule has 1 atom stereocenters. The number of hydrogen-bond donors (Lipinski definition) is 1. The molecule has 0 bridgehead atoms. The number of nitrogens with zero attached hydrogens (tertiary/aromatic N) is 1. The third-order valence-corrected chi connectivity index (χ3v) is 3.02. The molecule has 88 valence electrons. The van der Waals surface area contributed by atoms with Gasteiger partial charge in [0.1, 0.15) is 11.6 Å². The fraction of sp³-hybridized carbons (Fsp3) is 0.500. The first-order valence-electron chi connectivity index (χ1n) is 5.49. The second kappa shape index (κ2) is 4.89. The van der Waals surface area contributed by atoms with E-state index >= 15 is 0 Å². The predicted molar refractivity (Wildman–Crippen MR) is 56.9 cm³/mol. The Morgan fingerprint density at radius 2 is 1.94 bits per heavy atom. The number of rotatable bonds is 3. The second-order valence-electron chi connectivity index (χ2n) is 4.23. The van der Waals surface area contributed by atoms with E-state index in [9.17, 15) is 8.78 Å². The summed E-state index contributed by atoms with van der Waals surface area (Å²) in [6.45, 7) is 1.49. The van der Waals surface area contributed by atoms with Crippen LogP contribution in [0.5, 0.6) is 0 Å². The van der Waals surface area contributed by atoms with Crippen LogP contribution < -0.4 is 0 Å². The van der Waals surface area contributed by atoms with E-state index in [1.807, 2.05) is 0 Å². The van der Waals surface area contributed by atoms with E-state index in [1.165, 1.54) is 12.1 Å². The normalized spacial score (nSPS) is 21.6. The summed E-state index contributed by atoms with van der Waals surface area (Å²) in [5.74, 6) is -1.09. The van der Waals surface area contributed by atoms with Gasteiger partial charge in [-0.25, -0.2) is 8.78 Å². The van der Waals surface area contributed by atoms with Crippen molar-refractivity contribution in [3.63, 3.8) is 0 Å². The zero-order chi connectivity index (χ0) is 11.5. The van der Waals surface area contributed by atoms with Gasteiger partial charge >= 0.3 is 0 Å². The second-order valence-corrected chi connectivity index (χ2v) is 4.23. The van der Waals surface area contributed by atoms with Crippen molar-refractivity contribution in [2.24, 2.45) is 0 Å². The van der Waals surface area contributed by atoms with Crippen molar-refractivity contribution in [2.45, 2.75) is 25.4 Å². The molecule has 0 amide bonds. The van der Waals surface area contributed by atoms with Crippen LogP contribution in [0.15, 0.2) is 18.2 Å². The van der Waals surface area contributed by atoms with Crippen LogP contribution in [-0.2, 0) is 6.54 Å². The van der Waals surface area contributed by atoms with E-state index in [0.29, 0.717) is 12.1 Å². The summed E-state index contributed by atoms with van der Waals surface area (Å²) in [5, 5.41) is 9.13. The molecule has 16 heavy (non-hydrogen) atoms. The van der Waals surface area contributed by atoms with Crippen molar-refractivity contribution < 1.29 is 13.9 Å². The van der Waals surface area contributed by atoms with Crippen LogP contribution in [0, 0.1) is 11.6 Å². The molecule has 1 aromatic carbocycles. The minimum absolute atomic E-state index is 0.109. The highest BCUT2D eigenvalue weighted by molar-refractivity contribution is 5.18. The van der Waals surface area contributed by atoms with Crippen molar-refractivity contribution in [3.05, 3.63) is 35.4 Å². The summed E-state index contributed by atoms with van der Waals surface area (Å²) >= 11 is 0. The first kappa shape index (κ1) is 11.5. The molecule has 1 heterocycles. The number of likely N-dealkylation sites (tertiary alicyclic amines) is 1. The molecule has 0 aliphatic carbocycles. The Kier molecular flexibility index (Phi) is 3.51. The highest BCUT2D eigenvalue weighted by Crippen LogP contribution is 2.20. The first-order valence-corrected chi connectivity index (χ1v) is 5.49. The van der Waals surface area contributed by atoms with Gasteiger partial charge in [-0.05, 0) is 37.1 Å². The van der Waals surface area contributed by atoms with Crippen molar-refractivity contribution in [3.8, 4) is 0 Å². The Labute approximate surface area is 93.5 Å². The number of aliphatic hydroxyl groups is 1. The average molecular weight is 227 g/mol. The van der Waals surface area contributed by atoms with E-state index in [4.69, 9.17) is 5.11 Å². The Bertz CT molecular complexity index is 350. The highest BCUT2D eigenvalue weighted by Gasteiger charge is 2.23. The van der Waals surface area contributed by atoms with Gasteiger partial charge < -0.3 is 5.11 Å². The molecule has 2 rings (SSSR count). The van der Waals surface area contributed by atoms with Crippen molar-refractivity contribution in [2.75, 3.05) is 13.2 Å². The summed E-state index contributed by atoms with van der Waals surface area (Å²) in [6, 6.07) is 3.69. The van der Waals surface area contributed by atoms with Crippen LogP contribution in [0.25, 0.3) is 0 Å². The molecule has 1 aliphatic heterocycles. The lowest BCUT2D eigenvalue weighted by Crippen LogP contribution is -2.31. The van der Waals surface area contributed by atoms with Gasteiger partial charge in [-0.2, -0.15) is 0 Å². The first-order chi connectivity index (χ1) is 7.69. The molecule has 1 fully saturated rings. The molecule has 0 unspecified atom stereocenters. The SMILES string of the molecule is OC[C@@H]1CCCN1Cc1cc(F)cc(F)c1.